The number of allylic oxidation sites excluding steroid dienone is 1. The lowest BCUT2D eigenvalue weighted by atomic mass is 9.95. The number of hydrogen-bond acceptors (Lipinski definition) is 6. The molecular weight excluding hydrogens is 432 g/mol. The van der Waals surface area contributed by atoms with Crippen LogP contribution in [0.2, 0.25) is 0 Å². The van der Waals surface area contributed by atoms with Crippen molar-refractivity contribution in [1.82, 2.24) is 9.80 Å². The molecule has 2 aromatic rings. The van der Waals surface area contributed by atoms with Gasteiger partial charge in [0.2, 0.25) is 0 Å². The summed E-state index contributed by atoms with van der Waals surface area (Å²) in [6.07, 6.45) is 3.84. The Morgan fingerprint density at radius 1 is 1.09 bits per heavy atom. The molecule has 1 saturated heterocycles. The Labute approximate surface area is 199 Å². The van der Waals surface area contributed by atoms with Crippen LogP contribution < -0.4 is 4.74 Å². The molecule has 0 aliphatic carbocycles. The molecule has 1 unspecified atom stereocenters. The van der Waals surface area contributed by atoms with E-state index in [0.29, 0.717) is 25.5 Å². The third-order valence-corrected chi connectivity index (χ3v) is 6.20. The van der Waals surface area contributed by atoms with Crippen LogP contribution in [0.4, 0.5) is 0 Å². The third kappa shape index (κ3) is 5.38. The van der Waals surface area contributed by atoms with Gasteiger partial charge >= 0.3 is 0 Å². The second-order valence-corrected chi connectivity index (χ2v) is 8.35. The standard InChI is InChI=1S/C27H30N2O5/c1-33-22-11-9-21(10-12-22)25-24(23(30)13-8-20-6-3-2-4-7-20)26(31)27(32)29(25)15-5-14-28-16-18-34-19-17-28/h2-4,6-13,25,31H,5,14-19H2,1H3/b13-8+. The molecule has 7 heteroatoms. The van der Waals surface area contributed by atoms with Gasteiger partial charge in [-0.05, 0) is 35.8 Å². The molecule has 0 saturated carbocycles. The van der Waals surface area contributed by atoms with Gasteiger partial charge < -0.3 is 19.5 Å². The van der Waals surface area contributed by atoms with E-state index < -0.39 is 17.7 Å². The Morgan fingerprint density at radius 2 is 1.79 bits per heavy atom. The van der Waals surface area contributed by atoms with Crippen LogP contribution in [0.1, 0.15) is 23.6 Å². The molecule has 1 N–H and O–H groups in total. The monoisotopic (exact) mass is 462 g/mol. The van der Waals surface area contributed by atoms with Gasteiger partial charge in [0, 0.05) is 26.2 Å². The van der Waals surface area contributed by atoms with Gasteiger partial charge in [0.1, 0.15) is 5.75 Å². The Morgan fingerprint density at radius 3 is 2.47 bits per heavy atom. The Balaban J connectivity index is 1.57. The van der Waals surface area contributed by atoms with Crippen molar-refractivity contribution in [3.05, 3.63) is 83.1 Å². The number of rotatable bonds is 9. The Bertz CT molecular complexity index is 1060. The van der Waals surface area contributed by atoms with Gasteiger partial charge in [-0.1, -0.05) is 48.5 Å². The molecule has 1 atom stereocenters. The summed E-state index contributed by atoms with van der Waals surface area (Å²) in [6, 6.07) is 16.0. The topological polar surface area (TPSA) is 79.3 Å². The first-order chi connectivity index (χ1) is 16.6. The first kappa shape index (κ1) is 23.7. The zero-order valence-electron chi connectivity index (χ0n) is 19.4. The zero-order valence-corrected chi connectivity index (χ0v) is 19.4. The number of benzene rings is 2. The number of carbonyl (C=O) groups excluding carboxylic acids is 2. The van der Waals surface area contributed by atoms with Crippen molar-refractivity contribution in [2.75, 3.05) is 46.5 Å². The average molecular weight is 463 g/mol. The van der Waals surface area contributed by atoms with Crippen LogP contribution >= 0.6 is 0 Å². The van der Waals surface area contributed by atoms with Crippen LogP contribution in [0.3, 0.4) is 0 Å². The molecule has 7 nitrogen and oxygen atoms in total. The molecule has 1 amide bonds. The summed E-state index contributed by atoms with van der Waals surface area (Å²) in [6.45, 7) is 4.41. The Hall–Kier alpha value is -3.42. The van der Waals surface area contributed by atoms with Crippen molar-refractivity contribution < 1.29 is 24.2 Å². The maximum Gasteiger partial charge on any atom is 0.290 e. The lowest BCUT2D eigenvalue weighted by Gasteiger charge is -2.30. The number of morpholine rings is 1. The molecule has 0 spiro atoms. The number of ketones is 1. The number of ether oxygens (including phenoxy) is 2. The van der Waals surface area contributed by atoms with E-state index in [1.807, 2.05) is 42.5 Å². The fourth-order valence-corrected chi connectivity index (χ4v) is 4.38. The fourth-order valence-electron chi connectivity index (χ4n) is 4.38. The number of nitrogens with zero attached hydrogens (tertiary/aromatic N) is 2. The van der Waals surface area contributed by atoms with Gasteiger partial charge in [-0.25, -0.2) is 0 Å². The molecule has 0 radical (unpaired) electrons. The molecule has 0 aromatic heterocycles. The SMILES string of the molecule is COc1ccc(C2C(C(=O)/C=C/c3ccccc3)=C(O)C(=O)N2CCCN2CCOCC2)cc1. The molecule has 2 aliphatic rings. The maximum atomic E-state index is 13.2. The normalized spacial score (nSPS) is 19.3. The molecule has 178 valence electrons. The van der Waals surface area contributed by atoms with Crippen molar-refractivity contribution in [2.24, 2.45) is 0 Å². The van der Waals surface area contributed by atoms with Crippen LogP contribution in [0, 0.1) is 0 Å². The number of methoxy groups -OCH3 is 1. The second kappa shape index (κ2) is 11.1. The molecule has 1 fully saturated rings. The van der Waals surface area contributed by atoms with Crippen LogP contribution in [0.25, 0.3) is 6.08 Å². The minimum atomic E-state index is -0.656. The summed E-state index contributed by atoms with van der Waals surface area (Å²) < 4.78 is 10.7. The van der Waals surface area contributed by atoms with E-state index >= 15 is 0 Å². The third-order valence-electron chi connectivity index (χ3n) is 6.20. The van der Waals surface area contributed by atoms with E-state index in [2.05, 4.69) is 4.90 Å². The van der Waals surface area contributed by atoms with Gasteiger partial charge in [0.15, 0.2) is 11.5 Å². The van der Waals surface area contributed by atoms with Crippen LogP contribution in [-0.4, -0.2) is 73.1 Å². The minimum absolute atomic E-state index is 0.105. The quantitative estimate of drug-likeness (QED) is 0.576. The predicted octanol–water partition coefficient (Wildman–Crippen LogP) is 3.40. The molecule has 2 aromatic carbocycles. The highest BCUT2D eigenvalue weighted by atomic mass is 16.5. The highest BCUT2D eigenvalue weighted by Gasteiger charge is 2.42. The average Bonchev–Trinajstić information content (AvgIpc) is 3.14. The van der Waals surface area contributed by atoms with Gasteiger partial charge in [0.25, 0.3) is 5.91 Å². The maximum absolute atomic E-state index is 13.2. The van der Waals surface area contributed by atoms with Gasteiger partial charge in [-0.3, -0.25) is 14.5 Å². The van der Waals surface area contributed by atoms with E-state index in [1.54, 1.807) is 30.2 Å². The summed E-state index contributed by atoms with van der Waals surface area (Å²) in [7, 11) is 1.58. The highest BCUT2D eigenvalue weighted by Crippen LogP contribution is 2.38. The number of amides is 1. The number of carbonyl (C=O) groups is 2. The van der Waals surface area contributed by atoms with E-state index in [-0.39, 0.29) is 11.4 Å². The van der Waals surface area contributed by atoms with Crippen LogP contribution in [0.15, 0.2) is 72.0 Å². The first-order valence-corrected chi connectivity index (χ1v) is 11.5. The summed E-state index contributed by atoms with van der Waals surface area (Å²) in [5.41, 5.74) is 1.72. The molecule has 4 rings (SSSR count). The lowest BCUT2D eigenvalue weighted by Crippen LogP contribution is -2.39. The molecule has 34 heavy (non-hydrogen) atoms. The van der Waals surface area contributed by atoms with Crippen molar-refractivity contribution in [2.45, 2.75) is 12.5 Å². The van der Waals surface area contributed by atoms with Gasteiger partial charge in [0.05, 0.1) is 31.9 Å². The van der Waals surface area contributed by atoms with Crippen molar-refractivity contribution >= 4 is 17.8 Å². The minimum Gasteiger partial charge on any atom is -0.503 e. The van der Waals surface area contributed by atoms with E-state index in [0.717, 1.165) is 37.2 Å². The number of hydrogen-bond donors (Lipinski definition) is 1. The molecule has 2 aliphatic heterocycles. The van der Waals surface area contributed by atoms with Gasteiger partial charge in [-0.2, -0.15) is 0 Å². The largest absolute Gasteiger partial charge is 0.503 e. The van der Waals surface area contributed by atoms with Crippen LogP contribution in [-0.2, 0) is 14.3 Å². The van der Waals surface area contributed by atoms with E-state index in [4.69, 9.17) is 9.47 Å². The van der Waals surface area contributed by atoms with Crippen molar-refractivity contribution in [3.63, 3.8) is 0 Å². The molecule has 0 bridgehead atoms. The smallest absolute Gasteiger partial charge is 0.290 e. The highest BCUT2D eigenvalue weighted by molar-refractivity contribution is 6.14. The second-order valence-electron chi connectivity index (χ2n) is 8.35. The number of aliphatic hydroxyl groups is 1. The van der Waals surface area contributed by atoms with E-state index in [1.165, 1.54) is 6.08 Å². The lowest BCUT2D eigenvalue weighted by molar-refractivity contribution is -0.129. The Kier molecular flexibility index (Phi) is 7.77. The van der Waals surface area contributed by atoms with Crippen molar-refractivity contribution in [1.29, 1.82) is 0 Å². The number of aliphatic hydroxyl groups excluding tert-OH is 1. The zero-order chi connectivity index (χ0) is 23.9. The summed E-state index contributed by atoms with van der Waals surface area (Å²) in [5, 5.41) is 10.8. The van der Waals surface area contributed by atoms with Gasteiger partial charge in [-0.15, -0.1) is 0 Å². The molecule has 2 heterocycles. The predicted molar refractivity (Wildman–Crippen MR) is 129 cm³/mol. The first-order valence-electron chi connectivity index (χ1n) is 11.5. The fraction of sp³-hybridized carbons (Fsp3) is 0.333. The summed E-state index contributed by atoms with van der Waals surface area (Å²) in [5.74, 6) is -0.697. The van der Waals surface area contributed by atoms with Crippen LogP contribution in [0.5, 0.6) is 5.75 Å². The molecular formula is C27H30N2O5. The van der Waals surface area contributed by atoms with Crippen molar-refractivity contribution in [3.8, 4) is 5.75 Å². The summed E-state index contributed by atoms with van der Waals surface area (Å²) >= 11 is 0. The van der Waals surface area contributed by atoms with E-state index in [9.17, 15) is 14.7 Å². The summed E-state index contributed by atoms with van der Waals surface area (Å²) in [4.78, 5) is 30.2.